The van der Waals surface area contributed by atoms with Crippen molar-refractivity contribution in [3.8, 4) is 0 Å². The summed E-state index contributed by atoms with van der Waals surface area (Å²) < 4.78 is 30.7. The number of carbonyl (C=O) groups is 2. The molecule has 0 saturated heterocycles. The van der Waals surface area contributed by atoms with Gasteiger partial charge in [-0.2, -0.15) is 0 Å². The molecule has 0 radical (unpaired) electrons. The summed E-state index contributed by atoms with van der Waals surface area (Å²) in [6.07, 6.45) is 66.3. The third-order valence-electron chi connectivity index (χ3n) is 13.4. The Labute approximate surface area is 451 Å². The first-order chi connectivity index (χ1) is 35.4. The van der Waals surface area contributed by atoms with Crippen molar-refractivity contribution >= 4 is 19.7 Å². The van der Waals surface area contributed by atoms with Crippen molar-refractivity contribution in [3.05, 3.63) is 60.8 Å². The van der Waals surface area contributed by atoms with E-state index in [9.17, 15) is 19.0 Å². The Morgan fingerprint density at radius 3 is 1.30 bits per heavy atom. The molecule has 3 unspecified atom stereocenters. The summed E-state index contributed by atoms with van der Waals surface area (Å²) in [5.41, 5.74) is 0. The predicted octanol–water partition coefficient (Wildman–Crippen LogP) is 18.7. The molecule has 0 aliphatic rings. The molecular formula is C63H118N2O7P+. The van der Waals surface area contributed by atoms with Crippen LogP contribution >= 0.6 is 7.82 Å². The van der Waals surface area contributed by atoms with Gasteiger partial charge in [0.15, 0.2) is 0 Å². The maximum atomic E-state index is 13.5. The van der Waals surface area contributed by atoms with E-state index < -0.39 is 20.0 Å². The van der Waals surface area contributed by atoms with Crippen LogP contribution in [0.15, 0.2) is 60.8 Å². The fourth-order valence-corrected chi connectivity index (χ4v) is 9.38. The standard InChI is InChI=1S/C63H117N2O7P/c1-7-10-13-16-19-22-25-28-30-31-32-33-35-37-40-43-46-49-52-55-62(66)64-60(59-71-73(68,69)70-58-57-65(4,5)6)61(54-51-48-45-42-39-36-27-24-21-18-15-12-9-3)72-63(67)56-53-50-47-44-41-38-34-29-26-23-20-17-14-11-8-2/h19,22-23,26,28,30,32-33,51,54,60-61H,7-18,20-21,24-25,27,29,31,34-50,52-53,55-59H2,1-6H3,(H-,64,66,68,69)/p+1/b22-19-,26-23-,30-28-,33-32-,54-51-. The molecule has 426 valence electrons. The molecular weight excluding hydrogens is 928 g/mol. The Morgan fingerprint density at radius 1 is 0.479 bits per heavy atom. The molecule has 1 amide bonds. The minimum absolute atomic E-state index is 0.0358. The summed E-state index contributed by atoms with van der Waals surface area (Å²) >= 11 is 0. The van der Waals surface area contributed by atoms with Gasteiger partial charge in [-0.15, -0.1) is 0 Å². The molecule has 0 aromatic rings. The first kappa shape index (κ1) is 70.7. The number of likely N-dealkylation sites (N-methyl/N-ethyl adjacent to an activating group) is 1. The molecule has 3 atom stereocenters. The summed E-state index contributed by atoms with van der Waals surface area (Å²) in [5.74, 6) is -0.520. The van der Waals surface area contributed by atoms with Crippen molar-refractivity contribution in [1.29, 1.82) is 0 Å². The first-order valence-electron chi connectivity index (χ1n) is 30.6. The second-order valence-electron chi connectivity index (χ2n) is 21.9. The number of quaternary nitrogens is 1. The zero-order valence-corrected chi connectivity index (χ0v) is 49.5. The molecule has 0 saturated carbocycles. The van der Waals surface area contributed by atoms with Gasteiger partial charge in [-0.05, 0) is 96.0 Å². The normalized spacial score (nSPS) is 14.1. The molecule has 0 rings (SSSR count). The number of hydrogen-bond donors (Lipinski definition) is 2. The van der Waals surface area contributed by atoms with Crippen molar-refractivity contribution < 1.29 is 37.3 Å². The minimum atomic E-state index is -4.45. The number of phosphoric acid groups is 1. The number of nitrogens with one attached hydrogen (secondary N) is 1. The average molecular weight is 1050 g/mol. The van der Waals surface area contributed by atoms with Crippen molar-refractivity contribution in [2.75, 3.05) is 40.9 Å². The smallest absolute Gasteiger partial charge is 0.456 e. The Kier molecular flexibility index (Phi) is 51.5. The zero-order valence-electron chi connectivity index (χ0n) is 48.6. The lowest BCUT2D eigenvalue weighted by Gasteiger charge is -2.27. The summed E-state index contributed by atoms with van der Waals surface area (Å²) in [6.45, 7) is 6.97. The number of rotatable bonds is 55. The predicted molar refractivity (Wildman–Crippen MR) is 314 cm³/mol. The first-order valence-corrected chi connectivity index (χ1v) is 32.1. The topological polar surface area (TPSA) is 111 Å². The van der Waals surface area contributed by atoms with Gasteiger partial charge >= 0.3 is 13.8 Å². The zero-order chi connectivity index (χ0) is 53.6. The maximum Gasteiger partial charge on any atom is 0.472 e. The Balaban J connectivity index is 5.33. The lowest BCUT2D eigenvalue weighted by molar-refractivity contribution is -0.870. The van der Waals surface area contributed by atoms with Crippen molar-refractivity contribution in [3.63, 3.8) is 0 Å². The summed E-state index contributed by atoms with van der Waals surface area (Å²) in [6, 6.07) is -0.857. The third kappa shape index (κ3) is 54.3. The Bertz CT molecular complexity index is 1440. The van der Waals surface area contributed by atoms with Gasteiger partial charge in [0.25, 0.3) is 0 Å². The van der Waals surface area contributed by atoms with Crippen LogP contribution in [0.5, 0.6) is 0 Å². The largest absolute Gasteiger partial charge is 0.472 e. The van der Waals surface area contributed by atoms with Gasteiger partial charge in [-0.1, -0.05) is 230 Å². The van der Waals surface area contributed by atoms with Gasteiger partial charge < -0.3 is 19.4 Å². The highest BCUT2D eigenvalue weighted by Gasteiger charge is 2.30. The van der Waals surface area contributed by atoms with Gasteiger partial charge in [0, 0.05) is 12.8 Å². The van der Waals surface area contributed by atoms with Crippen LogP contribution in [0.25, 0.3) is 0 Å². The van der Waals surface area contributed by atoms with E-state index in [2.05, 4.69) is 74.7 Å². The van der Waals surface area contributed by atoms with E-state index in [0.717, 1.165) is 96.3 Å². The molecule has 0 aliphatic carbocycles. The molecule has 73 heavy (non-hydrogen) atoms. The highest BCUT2D eigenvalue weighted by molar-refractivity contribution is 7.47. The van der Waals surface area contributed by atoms with Crippen molar-refractivity contribution in [2.24, 2.45) is 0 Å². The summed E-state index contributed by atoms with van der Waals surface area (Å²) in [4.78, 5) is 37.7. The van der Waals surface area contributed by atoms with E-state index in [1.807, 2.05) is 33.3 Å². The van der Waals surface area contributed by atoms with Crippen LogP contribution in [-0.2, 0) is 27.9 Å². The Morgan fingerprint density at radius 2 is 0.836 bits per heavy atom. The lowest BCUT2D eigenvalue weighted by Crippen LogP contribution is -2.47. The van der Waals surface area contributed by atoms with E-state index in [4.69, 9.17) is 13.8 Å². The number of amides is 1. The van der Waals surface area contributed by atoms with Crippen LogP contribution in [0.2, 0.25) is 0 Å². The second-order valence-corrected chi connectivity index (χ2v) is 23.3. The molecule has 0 heterocycles. The highest BCUT2D eigenvalue weighted by atomic mass is 31.2. The van der Waals surface area contributed by atoms with Gasteiger partial charge in [0.2, 0.25) is 5.91 Å². The van der Waals surface area contributed by atoms with Crippen molar-refractivity contribution in [1.82, 2.24) is 5.32 Å². The van der Waals surface area contributed by atoms with Crippen LogP contribution in [0.3, 0.4) is 0 Å². The van der Waals surface area contributed by atoms with Crippen LogP contribution in [0, 0.1) is 0 Å². The number of esters is 1. The van der Waals surface area contributed by atoms with E-state index in [1.165, 1.54) is 148 Å². The van der Waals surface area contributed by atoms with Gasteiger partial charge in [0.05, 0.1) is 33.8 Å². The second kappa shape index (κ2) is 53.1. The molecule has 0 fully saturated rings. The number of ether oxygens (including phenoxy) is 1. The Hall–Kier alpha value is -2.29. The van der Waals surface area contributed by atoms with Crippen LogP contribution in [-0.4, -0.2) is 74.3 Å². The fraction of sp³-hybridized carbons (Fsp3) is 0.810. The summed E-state index contributed by atoms with van der Waals surface area (Å²) in [5, 5.41) is 3.05. The van der Waals surface area contributed by atoms with E-state index in [1.54, 1.807) is 0 Å². The third-order valence-corrected chi connectivity index (χ3v) is 14.4. The molecule has 0 aliphatic heterocycles. The number of phosphoric ester groups is 1. The van der Waals surface area contributed by atoms with E-state index in [-0.39, 0.29) is 31.5 Å². The number of carbonyl (C=O) groups excluding carboxylic acids is 2. The average Bonchev–Trinajstić information content (AvgIpc) is 3.35. The molecule has 0 aromatic heterocycles. The van der Waals surface area contributed by atoms with E-state index in [0.29, 0.717) is 17.4 Å². The molecule has 10 heteroatoms. The number of hydrogen-bond acceptors (Lipinski definition) is 6. The molecule has 0 bridgehead atoms. The van der Waals surface area contributed by atoms with Gasteiger partial charge in [-0.25, -0.2) is 4.57 Å². The lowest BCUT2D eigenvalue weighted by atomic mass is 10.0. The minimum Gasteiger partial charge on any atom is -0.456 e. The molecule has 0 spiro atoms. The van der Waals surface area contributed by atoms with Crippen LogP contribution in [0.1, 0.15) is 278 Å². The monoisotopic (exact) mass is 1050 g/mol. The molecule has 2 N–H and O–H groups in total. The molecule has 9 nitrogen and oxygen atoms in total. The quantitative estimate of drug-likeness (QED) is 0.0205. The SMILES string of the molecule is CCCCC/C=C\C/C=C\C/C=C\CCCCCCCCC(=O)NC(COP(=O)(O)OCC[N+](C)(C)C)C(/C=C\CCCCCCCCCCCCC)OC(=O)CCCCCCCCC/C=C\CCCCCC. The van der Waals surface area contributed by atoms with Crippen LogP contribution in [0.4, 0.5) is 0 Å². The van der Waals surface area contributed by atoms with Gasteiger partial charge in [-0.3, -0.25) is 18.6 Å². The number of allylic oxidation sites excluding steroid dienone is 9. The number of nitrogens with zero attached hydrogens (tertiary/aromatic N) is 1. The highest BCUT2D eigenvalue weighted by Crippen LogP contribution is 2.43. The number of unbranched alkanes of at least 4 members (excludes halogenated alkanes) is 31. The van der Waals surface area contributed by atoms with Gasteiger partial charge in [0.1, 0.15) is 19.3 Å². The van der Waals surface area contributed by atoms with Crippen molar-refractivity contribution in [2.45, 2.75) is 290 Å². The fourth-order valence-electron chi connectivity index (χ4n) is 8.65. The summed E-state index contributed by atoms with van der Waals surface area (Å²) in [7, 11) is 1.48. The van der Waals surface area contributed by atoms with E-state index >= 15 is 0 Å². The molecule has 0 aromatic carbocycles. The van der Waals surface area contributed by atoms with Crippen LogP contribution < -0.4 is 5.32 Å². The maximum absolute atomic E-state index is 13.5.